The van der Waals surface area contributed by atoms with Gasteiger partial charge < -0.3 is 30.4 Å². The van der Waals surface area contributed by atoms with E-state index in [4.69, 9.17) is 10.5 Å². The van der Waals surface area contributed by atoms with Crippen molar-refractivity contribution in [2.24, 2.45) is 0 Å². The van der Waals surface area contributed by atoms with Crippen molar-refractivity contribution in [2.45, 2.75) is 31.0 Å². The first kappa shape index (κ1) is 13.3. The van der Waals surface area contributed by atoms with E-state index in [1.807, 2.05) is 0 Å². The molecule has 1 aromatic heterocycles. The van der Waals surface area contributed by atoms with Gasteiger partial charge in [-0.05, 0) is 25.1 Å². The second kappa shape index (κ2) is 4.42. The molecule has 2 aromatic rings. The van der Waals surface area contributed by atoms with Crippen molar-refractivity contribution in [1.82, 2.24) is 9.55 Å². The van der Waals surface area contributed by atoms with E-state index < -0.39 is 24.0 Å². The van der Waals surface area contributed by atoms with Gasteiger partial charge in [-0.1, -0.05) is 0 Å². The van der Waals surface area contributed by atoms with Gasteiger partial charge in [0.25, 0.3) is 0 Å². The highest BCUT2D eigenvalue weighted by Gasteiger charge is 2.53. The minimum atomic E-state index is -1.54. The maximum Gasteiger partial charge on any atom is 0.167 e. The highest BCUT2D eigenvalue weighted by Crippen LogP contribution is 2.39. The lowest BCUT2D eigenvalue weighted by Crippen LogP contribution is -2.44. The SMILES string of the molecule is CC1(O)C(n2cnc3ccc(N)cc32)O[C@H](CO)[C@H]1O. The van der Waals surface area contributed by atoms with E-state index in [1.165, 1.54) is 13.3 Å². The number of fused-ring (bicyclic) bond motifs is 1. The average molecular weight is 279 g/mol. The summed E-state index contributed by atoms with van der Waals surface area (Å²) in [7, 11) is 0. The molecule has 7 heteroatoms. The molecule has 3 rings (SSSR count). The number of imidazole rings is 1. The van der Waals surface area contributed by atoms with Crippen LogP contribution in [-0.4, -0.2) is 49.3 Å². The Labute approximate surface area is 115 Å². The van der Waals surface area contributed by atoms with E-state index >= 15 is 0 Å². The summed E-state index contributed by atoms with van der Waals surface area (Å²) in [6.45, 7) is 1.10. The zero-order valence-electron chi connectivity index (χ0n) is 11.0. The third-order valence-electron chi connectivity index (χ3n) is 3.79. The van der Waals surface area contributed by atoms with Crippen molar-refractivity contribution < 1.29 is 20.1 Å². The van der Waals surface area contributed by atoms with E-state index in [2.05, 4.69) is 4.98 Å². The van der Waals surface area contributed by atoms with Crippen LogP contribution in [-0.2, 0) is 4.74 Å². The average Bonchev–Trinajstić information content (AvgIpc) is 2.90. The Balaban J connectivity index is 2.09. The lowest BCUT2D eigenvalue weighted by atomic mass is 9.96. The molecule has 20 heavy (non-hydrogen) atoms. The first-order valence-electron chi connectivity index (χ1n) is 6.34. The molecule has 0 bridgehead atoms. The number of hydrogen-bond acceptors (Lipinski definition) is 6. The number of aliphatic hydroxyl groups excluding tert-OH is 2. The van der Waals surface area contributed by atoms with Crippen LogP contribution in [0.2, 0.25) is 0 Å². The maximum atomic E-state index is 10.5. The minimum absolute atomic E-state index is 0.372. The Bertz CT molecular complexity index is 640. The fourth-order valence-electron chi connectivity index (χ4n) is 2.62. The molecule has 108 valence electrons. The lowest BCUT2D eigenvalue weighted by molar-refractivity contribution is -0.0948. The summed E-state index contributed by atoms with van der Waals surface area (Å²) in [6.07, 6.45) is -1.35. The van der Waals surface area contributed by atoms with E-state index in [0.29, 0.717) is 16.7 Å². The van der Waals surface area contributed by atoms with Gasteiger partial charge >= 0.3 is 0 Å². The molecule has 1 saturated heterocycles. The van der Waals surface area contributed by atoms with Gasteiger partial charge in [0, 0.05) is 5.69 Å². The molecule has 1 aliphatic rings. The number of hydrogen-bond donors (Lipinski definition) is 4. The minimum Gasteiger partial charge on any atom is -0.399 e. The van der Waals surface area contributed by atoms with Crippen LogP contribution in [0.15, 0.2) is 24.5 Å². The molecule has 0 radical (unpaired) electrons. The lowest BCUT2D eigenvalue weighted by Gasteiger charge is -2.27. The van der Waals surface area contributed by atoms with Crippen LogP contribution < -0.4 is 5.73 Å². The summed E-state index contributed by atoms with van der Waals surface area (Å²) in [5, 5.41) is 29.7. The van der Waals surface area contributed by atoms with Gasteiger partial charge in [-0.25, -0.2) is 4.98 Å². The molecule has 2 unspecified atom stereocenters. The summed E-state index contributed by atoms with van der Waals surface area (Å²) in [4.78, 5) is 4.22. The highest BCUT2D eigenvalue weighted by molar-refractivity contribution is 5.79. The normalized spacial score (nSPS) is 33.9. The molecule has 2 heterocycles. The van der Waals surface area contributed by atoms with E-state index in [-0.39, 0.29) is 6.61 Å². The summed E-state index contributed by atoms with van der Waals surface area (Å²) in [6, 6.07) is 5.23. The maximum absolute atomic E-state index is 10.5. The summed E-state index contributed by atoms with van der Waals surface area (Å²) in [5.41, 5.74) is 6.20. The van der Waals surface area contributed by atoms with Gasteiger partial charge in [0.15, 0.2) is 6.23 Å². The summed E-state index contributed by atoms with van der Waals surface area (Å²) >= 11 is 0. The van der Waals surface area contributed by atoms with Gasteiger partial charge in [-0.3, -0.25) is 0 Å². The fourth-order valence-corrected chi connectivity index (χ4v) is 2.62. The van der Waals surface area contributed by atoms with Gasteiger partial charge in [-0.15, -0.1) is 0 Å². The molecule has 5 N–H and O–H groups in total. The van der Waals surface area contributed by atoms with Crippen molar-refractivity contribution in [1.29, 1.82) is 0 Å². The Morgan fingerprint density at radius 3 is 2.90 bits per heavy atom. The van der Waals surface area contributed by atoms with E-state index in [1.54, 1.807) is 22.8 Å². The van der Waals surface area contributed by atoms with Crippen LogP contribution in [0.1, 0.15) is 13.2 Å². The van der Waals surface area contributed by atoms with Crippen LogP contribution in [0.4, 0.5) is 5.69 Å². The van der Waals surface area contributed by atoms with Crippen LogP contribution in [0.3, 0.4) is 0 Å². The second-order valence-electron chi connectivity index (χ2n) is 5.28. The third-order valence-corrected chi connectivity index (χ3v) is 3.79. The standard InChI is InChI=1S/C13H17N3O4/c1-13(19)11(18)10(5-17)20-12(13)16-6-15-8-3-2-7(14)4-9(8)16/h2-4,6,10-12,17-19H,5,14H2,1H3/t10-,11-,12?,13?/m1/s1. The Morgan fingerprint density at radius 2 is 2.25 bits per heavy atom. The van der Waals surface area contributed by atoms with Crippen molar-refractivity contribution in [3.8, 4) is 0 Å². The molecular formula is C13H17N3O4. The zero-order valence-corrected chi connectivity index (χ0v) is 11.0. The number of nitrogens with two attached hydrogens (primary N) is 1. The second-order valence-corrected chi connectivity index (χ2v) is 5.28. The highest BCUT2D eigenvalue weighted by atomic mass is 16.6. The molecule has 1 aliphatic heterocycles. The predicted molar refractivity (Wildman–Crippen MR) is 71.8 cm³/mol. The number of nitrogen functional groups attached to an aromatic ring is 1. The largest absolute Gasteiger partial charge is 0.399 e. The van der Waals surface area contributed by atoms with E-state index in [0.717, 1.165) is 0 Å². The number of anilines is 1. The molecule has 0 amide bonds. The Hall–Kier alpha value is -1.67. The van der Waals surface area contributed by atoms with Crippen molar-refractivity contribution in [3.63, 3.8) is 0 Å². The topological polar surface area (TPSA) is 114 Å². The first-order valence-corrected chi connectivity index (χ1v) is 6.34. The molecule has 0 aliphatic carbocycles. The molecule has 4 atom stereocenters. The monoisotopic (exact) mass is 279 g/mol. The number of nitrogens with zero attached hydrogens (tertiary/aromatic N) is 2. The third kappa shape index (κ3) is 1.79. The van der Waals surface area contributed by atoms with Gasteiger partial charge in [0.1, 0.15) is 17.8 Å². The Kier molecular flexibility index (Phi) is 2.94. The van der Waals surface area contributed by atoms with Crippen molar-refractivity contribution in [2.75, 3.05) is 12.3 Å². The number of ether oxygens (including phenoxy) is 1. The summed E-state index contributed by atoms with van der Waals surface area (Å²) < 4.78 is 7.18. The fraction of sp³-hybridized carbons (Fsp3) is 0.462. The molecule has 0 saturated carbocycles. The van der Waals surface area contributed by atoms with Crippen LogP contribution in [0.25, 0.3) is 11.0 Å². The smallest absolute Gasteiger partial charge is 0.167 e. The van der Waals surface area contributed by atoms with Gasteiger partial charge in [0.2, 0.25) is 0 Å². The summed E-state index contributed by atoms with van der Waals surface area (Å²) in [5.74, 6) is 0. The quantitative estimate of drug-likeness (QED) is 0.557. The molecule has 1 aromatic carbocycles. The number of benzene rings is 1. The molecule has 0 spiro atoms. The van der Waals surface area contributed by atoms with Crippen molar-refractivity contribution in [3.05, 3.63) is 24.5 Å². The molecule has 1 fully saturated rings. The Morgan fingerprint density at radius 1 is 1.50 bits per heavy atom. The van der Waals surface area contributed by atoms with Gasteiger partial charge in [0.05, 0.1) is 24.0 Å². The van der Waals surface area contributed by atoms with Crippen LogP contribution in [0.5, 0.6) is 0 Å². The molecule has 7 nitrogen and oxygen atoms in total. The molecular weight excluding hydrogens is 262 g/mol. The van der Waals surface area contributed by atoms with E-state index in [9.17, 15) is 15.3 Å². The van der Waals surface area contributed by atoms with Crippen LogP contribution >= 0.6 is 0 Å². The number of aliphatic hydroxyl groups is 3. The zero-order chi connectivity index (χ0) is 14.5. The van der Waals surface area contributed by atoms with Crippen LogP contribution in [0, 0.1) is 0 Å². The number of aromatic nitrogens is 2. The van der Waals surface area contributed by atoms with Gasteiger partial charge in [-0.2, -0.15) is 0 Å². The first-order chi connectivity index (χ1) is 9.45. The van der Waals surface area contributed by atoms with Crippen molar-refractivity contribution >= 4 is 16.7 Å². The number of rotatable bonds is 2. The predicted octanol–water partition coefficient (Wildman–Crippen LogP) is -0.380.